The van der Waals surface area contributed by atoms with E-state index in [1.165, 1.54) is 24.5 Å². The average molecular weight is 804 g/mol. The van der Waals surface area contributed by atoms with Crippen molar-refractivity contribution >= 4 is 63.7 Å². The number of para-hydroxylation sites is 1. The summed E-state index contributed by atoms with van der Waals surface area (Å²) in [5.41, 5.74) is 2.18. The Morgan fingerprint density at radius 2 is 1.84 bits per heavy atom. The van der Waals surface area contributed by atoms with Gasteiger partial charge in [0.25, 0.3) is 0 Å². The highest BCUT2D eigenvalue weighted by Gasteiger charge is 2.29. The summed E-state index contributed by atoms with van der Waals surface area (Å²) in [6, 6.07) is 15.9. The highest BCUT2D eigenvalue weighted by atomic mass is 32.1. The lowest BCUT2D eigenvalue weighted by Gasteiger charge is -2.24. The van der Waals surface area contributed by atoms with Crippen LogP contribution >= 0.6 is 22.7 Å². The first-order chi connectivity index (χ1) is 26.0. The third-order valence-electron chi connectivity index (χ3n) is 8.46. The van der Waals surface area contributed by atoms with Gasteiger partial charge in [0.05, 0.1) is 30.5 Å². The zero-order valence-electron chi connectivity index (χ0n) is 33.3. The summed E-state index contributed by atoms with van der Waals surface area (Å²) >= 11 is 2.94. The lowest BCUT2D eigenvalue weighted by atomic mass is 9.89. The molecular formula is C40H50FN7O4S2Si. The van der Waals surface area contributed by atoms with Gasteiger partial charge in [-0.2, -0.15) is 4.99 Å². The van der Waals surface area contributed by atoms with E-state index in [-0.39, 0.29) is 18.1 Å². The van der Waals surface area contributed by atoms with Gasteiger partial charge in [-0.15, -0.1) is 21.5 Å². The number of carbonyl (C=O) groups is 1. The Morgan fingerprint density at radius 1 is 1.07 bits per heavy atom. The van der Waals surface area contributed by atoms with Crippen molar-refractivity contribution in [1.82, 2.24) is 24.6 Å². The van der Waals surface area contributed by atoms with Crippen LogP contribution in [0.25, 0.3) is 10.2 Å². The molecule has 0 atom stereocenters. The van der Waals surface area contributed by atoms with Gasteiger partial charge in [-0.3, -0.25) is 9.47 Å². The van der Waals surface area contributed by atoms with E-state index in [0.717, 1.165) is 26.6 Å². The Labute approximate surface area is 331 Å². The number of benzene rings is 2. The first kappa shape index (κ1) is 41.7. The lowest BCUT2D eigenvalue weighted by Crippen LogP contribution is -2.25. The van der Waals surface area contributed by atoms with E-state index < -0.39 is 25.3 Å². The number of hydrogen-bond donors (Lipinski definition) is 0. The van der Waals surface area contributed by atoms with Gasteiger partial charge in [0.1, 0.15) is 6.73 Å². The molecule has 0 spiro atoms. The lowest BCUT2D eigenvalue weighted by molar-refractivity contribution is 0.0592. The molecule has 0 aliphatic rings. The first-order valence-electron chi connectivity index (χ1n) is 18.0. The Morgan fingerprint density at radius 3 is 2.53 bits per heavy atom. The van der Waals surface area contributed by atoms with Gasteiger partial charge in [-0.25, -0.2) is 14.2 Å². The minimum Gasteiger partial charge on any atom is -0.490 e. The molecular weight excluding hydrogens is 754 g/mol. The standard InChI is InChI=1S/C40H50FN7O4S2Si/c1-27-22-34(44-45-36(27)43-39-48(26-51-20-21-55(8,9)10)30-15-11-12-16-32(30)53-39)47(6)38-42-35(37(49)50-7)33(54-38)24-40(2,3)25-52-31-18-17-28(23-29(31)41)14-13-19-46(4)5/h11-12,15-18,22-23H,19-21,24-26H2,1-10H3/b43-39-. The van der Waals surface area contributed by atoms with Gasteiger partial charge < -0.3 is 19.1 Å². The number of ether oxygens (including phenoxy) is 3. The van der Waals surface area contributed by atoms with E-state index in [9.17, 15) is 9.18 Å². The number of anilines is 2. The molecule has 0 amide bonds. The van der Waals surface area contributed by atoms with Gasteiger partial charge >= 0.3 is 5.97 Å². The number of rotatable bonds is 15. The molecule has 0 unspecified atom stereocenters. The third kappa shape index (κ3) is 11.3. The van der Waals surface area contributed by atoms with E-state index >= 15 is 0 Å². The number of esters is 1. The number of aromatic nitrogens is 4. The van der Waals surface area contributed by atoms with E-state index in [1.807, 2.05) is 65.0 Å². The minimum absolute atomic E-state index is 0.140. The van der Waals surface area contributed by atoms with Crippen LogP contribution in [0.3, 0.4) is 0 Å². The van der Waals surface area contributed by atoms with E-state index in [0.29, 0.717) is 53.5 Å². The van der Waals surface area contributed by atoms with E-state index in [2.05, 4.69) is 63.4 Å². The van der Waals surface area contributed by atoms with Gasteiger partial charge in [-0.1, -0.05) is 68.8 Å². The second-order valence-corrected chi connectivity index (χ2v) is 23.3. The summed E-state index contributed by atoms with van der Waals surface area (Å²) in [7, 11) is 5.78. The number of carbonyl (C=O) groups excluding carboxylic acids is 1. The summed E-state index contributed by atoms with van der Waals surface area (Å²) in [6.45, 7) is 14.8. The minimum atomic E-state index is -1.22. The van der Waals surface area contributed by atoms with Crippen molar-refractivity contribution in [3.05, 3.63) is 80.8 Å². The predicted octanol–water partition coefficient (Wildman–Crippen LogP) is 8.06. The van der Waals surface area contributed by atoms with Crippen molar-refractivity contribution in [3.8, 4) is 17.6 Å². The Hall–Kier alpha value is -4.46. The zero-order chi connectivity index (χ0) is 39.9. The molecule has 0 N–H and O–H groups in total. The molecule has 5 aromatic rings. The van der Waals surface area contributed by atoms with Gasteiger partial charge in [0.15, 0.2) is 38.8 Å². The van der Waals surface area contributed by atoms with Crippen LogP contribution in [0.1, 0.15) is 40.3 Å². The number of halogens is 1. The number of thiazole rings is 2. The fraction of sp³-hybridized carbons (Fsp3) is 0.425. The van der Waals surface area contributed by atoms with Crippen molar-refractivity contribution < 1.29 is 23.4 Å². The van der Waals surface area contributed by atoms with Crippen LogP contribution in [0.2, 0.25) is 25.7 Å². The van der Waals surface area contributed by atoms with Crippen molar-refractivity contribution in [3.63, 3.8) is 0 Å². The number of aryl methyl sites for hydroxylation is 1. The van der Waals surface area contributed by atoms with Crippen LogP contribution in [0, 0.1) is 30.0 Å². The number of fused-ring (bicyclic) bond motifs is 1. The molecule has 55 heavy (non-hydrogen) atoms. The van der Waals surface area contributed by atoms with Gasteiger partial charge in [0, 0.05) is 37.6 Å². The van der Waals surface area contributed by atoms with E-state index in [1.54, 1.807) is 28.4 Å². The monoisotopic (exact) mass is 803 g/mol. The van der Waals surface area contributed by atoms with Crippen LogP contribution in [0.5, 0.6) is 5.75 Å². The smallest absolute Gasteiger partial charge is 0.357 e. The molecule has 3 heterocycles. The van der Waals surface area contributed by atoms with Crippen molar-refractivity contribution in [2.24, 2.45) is 10.4 Å². The Bertz CT molecular complexity index is 2270. The maximum absolute atomic E-state index is 14.9. The fourth-order valence-electron chi connectivity index (χ4n) is 5.31. The largest absolute Gasteiger partial charge is 0.490 e. The molecule has 0 fully saturated rings. The summed E-state index contributed by atoms with van der Waals surface area (Å²) in [6.07, 6.45) is 0.429. The second kappa shape index (κ2) is 18.0. The molecule has 0 saturated heterocycles. The van der Waals surface area contributed by atoms with Gasteiger partial charge in [0.2, 0.25) is 0 Å². The molecule has 0 radical (unpaired) electrons. The molecule has 292 valence electrons. The highest BCUT2D eigenvalue weighted by molar-refractivity contribution is 7.16. The van der Waals surface area contributed by atoms with Crippen molar-refractivity contribution in [2.45, 2.75) is 59.6 Å². The molecule has 0 saturated carbocycles. The number of nitrogens with zero attached hydrogens (tertiary/aromatic N) is 7. The second-order valence-electron chi connectivity index (χ2n) is 15.6. The maximum atomic E-state index is 14.9. The summed E-state index contributed by atoms with van der Waals surface area (Å²) < 4.78 is 35.3. The number of hydrogen-bond acceptors (Lipinski definition) is 12. The van der Waals surface area contributed by atoms with Gasteiger partial charge in [-0.05, 0) is 75.4 Å². The average Bonchev–Trinajstić information content (AvgIpc) is 3.69. The summed E-state index contributed by atoms with van der Waals surface area (Å²) in [5, 5.41) is 9.57. The SMILES string of the molecule is COC(=O)c1nc(N(C)c2cc(C)c(/N=c3\sc4ccccc4n3COCC[Si](C)(C)C)nn2)sc1CC(C)(C)COc1ccc(C#CCN(C)C)cc1F. The molecule has 15 heteroatoms. The zero-order valence-corrected chi connectivity index (χ0v) is 36.0. The summed E-state index contributed by atoms with van der Waals surface area (Å²) in [4.78, 5) is 27.7. The van der Waals surface area contributed by atoms with Crippen molar-refractivity contribution in [2.75, 3.05) is 52.9 Å². The van der Waals surface area contributed by atoms with Crippen LogP contribution in [-0.2, 0) is 22.6 Å². The molecule has 0 bridgehead atoms. The Kier molecular flexibility index (Phi) is 13.6. The molecule has 3 aromatic heterocycles. The topological polar surface area (TPSA) is 107 Å². The maximum Gasteiger partial charge on any atom is 0.357 e. The first-order valence-corrected chi connectivity index (χ1v) is 23.3. The van der Waals surface area contributed by atoms with Crippen LogP contribution in [0.15, 0.2) is 53.5 Å². The quantitative estimate of drug-likeness (QED) is 0.0450. The normalized spacial score (nSPS) is 12.3. The fourth-order valence-corrected chi connectivity index (χ4v) is 8.36. The van der Waals surface area contributed by atoms with E-state index in [4.69, 9.17) is 19.2 Å². The molecule has 0 aliphatic heterocycles. The molecule has 11 nitrogen and oxygen atoms in total. The van der Waals surface area contributed by atoms with Crippen LogP contribution < -0.4 is 14.4 Å². The van der Waals surface area contributed by atoms with Crippen molar-refractivity contribution in [1.29, 1.82) is 0 Å². The van der Waals surface area contributed by atoms with Crippen LogP contribution in [0.4, 0.5) is 21.2 Å². The number of methoxy groups -OCH3 is 1. The molecule has 2 aromatic carbocycles. The third-order valence-corrected chi connectivity index (χ3v) is 12.4. The molecule has 5 rings (SSSR count). The highest BCUT2D eigenvalue weighted by Crippen LogP contribution is 2.36. The Balaban J connectivity index is 1.33. The summed E-state index contributed by atoms with van der Waals surface area (Å²) in [5.74, 6) is 6.13. The van der Waals surface area contributed by atoms with Crippen LogP contribution in [-0.4, -0.2) is 86.7 Å². The predicted molar refractivity (Wildman–Crippen MR) is 222 cm³/mol. The molecule has 0 aliphatic carbocycles.